The summed E-state index contributed by atoms with van der Waals surface area (Å²) in [6.45, 7) is 3.59. The van der Waals surface area contributed by atoms with Crippen LogP contribution in [-0.2, 0) is 14.8 Å². The van der Waals surface area contributed by atoms with Crippen molar-refractivity contribution in [2.45, 2.75) is 19.8 Å². The van der Waals surface area contributed by atoms with Crippen LogP contribution in [0.2, 0.25) is 0 Å². The largest absolute Gasteiger partial charge is 0.496 e. The Morgan fingerprint density at radius 1 is 1.36 bits per heavy atom. The highest BCUT2D eigenvalue weighted by Crippen LogP contribution is 2.21. The van der Waals surface area contributed by atoms with E-state index < -0.39 is 10.0 Å². The summed E-state index contributed by atoms with van der Waals surface area (Å²) in [6.07, 6.45) is 6.02. The lowest BCUT2D eigenvalue weighted by Crippen LogP contribution is -2.40. The first-order valence-corrected chi connectivity index (χ1v) is 10.2. The lowest BCUT2D eigenvalue weighted by molar-refractivity contribution is -0.116. The van der Waals surface area contributed by atoms with Crippen molar-refractivity contribution in [1.82, 2.24) is 9.62 Å². The second-order valence-corrected chi connectivity index (χ2v) is 8.41. The van der Waals surface area contributed by atoms with Crippen molar-refractivity contribution in [2.24, 2.45) is 5.92 Å². The number of methoxy groups -OCH3 is 1. The van der Waals surface area contributed by atoms with Gasteiger partial charge in [-0.05, 0) is 43.9 Å². The molecule has 1 heterocycles. The first-order chi connectivity index (χ1) is 11.8. The van der Waals surface area contributed by atoms with Crippen LogP contribution in [-0.4, -0.2) is 51.6 Å². The number of sulfonamides is 1. The quantitative estimate of drug-likeness (QED) is 0.779. The van der Waals surface area contributed by atoms with E-state index in [9.17, 15) is 13.2 Å². The van der Waals surface area contributed by atoms with E-state index in [-0.39, 0.29) is 5.91 Å². The Morgan fingerprint density at radius 2 is 2.04 bits per heavy atom. The molecule has 1 amide bonds. The van der Waals surface area contributed by atoms with Gasteiger partial charge in [-0.15, -0.1) is 0 Å². The van der Waals surface area contributed by atoms with Crippen LogP contribution in [0.5, 0.6) is 5.75 Å². The molecule has 0 aliphatic carbocycles. The summed E-state index contributed by atoms with van der Waals surface area (Å²) in [5, 5.41) is 2.89. The van der Waals surface area contributed by atoms with E-state index in [1.54, 1.807) is 13.2 Å². The van der Waals surface area contributed by atoms with E-state index in [0.717, 1.165) is 29.7 Å². The van der Waals surface area contributed by atoms with Gasteiger partial charge in [0.15, 0.2) is 0 Å². The standard InChI is InChI=1S/C18H26N2O4S/c1-14-4-6-17(24-2)16(12-14)5-7-18(21)19-13-15-8-10-20(11-9-15)25(3,22)23/h4-7,12,15H,8-11,13H2,1-3H3,(H,19,21)/b7-5+. The lowest BCUT2D eigenvalue weighted by Gasteiger charge is -2.30. The fourth-order valence-electron chi connectivity index (χ4n) is 2.90. The van der Waals surface area contributed by atoms with E-state index in [2.05, 4.69) is 5.32 Å². The Labute approximate surface area is 149 Å². The summed E-state index contributed by atoms with van der Waals surface area (Å²) in [6, 6.07) is 5.80. The molecule has 138 valence electrons. The molecule has 1 aromatic carbocycles. The van der Waals surface area contributed by atoms with E-state index >= 15 is 0 Å². The normalized spacial score (nSPS) is 16.9. The van der Waals surface area contributed by atoms with Crippen molar-refractivity contribution in [1.29, 1.82) is 0 Å². The van der Waals surface area contributed by atoms with Gasteiger partial charge in [-0.1, -0.05) is 11.6 Å². The number of piperidine rings is 1. The van der Waals surface area contributed by atoms with Crippen molar-refractivity contribution in [3.8, 4) is 5.75 Å². The molecule has 0 saturated carbocycles. The van der Waals surface area contributed by atoms with E-state index in [4.69, 9.17) is 4.74 Å². The van der Waals surface area contributed by atoms with Crippen LogP contribution in [0.15, 0.2) is 24.3 Å². The minimum Gasteiger partial charge on any atom is -0.496 e. The topological polar surface area (TPSA) is 75.7 Å². The van der Waals surface area contributed by atoms with E-state index in [1.807, 2.05) is 25.1 Å². The molecule has 0 atom stereocenters. The number of ether oxygens (including phenoxy) is 1. The van der Waals surface area contributed by atoms with Crippen LogP contribution in [0.25, 0.3) is 6.08 Å². The zero-order chi connectivity index (χ0) is 18.4. The molecular weight excluding hydrogens is 340 g/mol. The lowest BCUT2D eigenvalue weighted by atomic mass is 9.98. The summed E-state index contributed by atoms with van der Waals surface area (Å²) < 4.78 is 29.8. The first kappa shape index (κ1) is 19.5. The summed E-state index contributed by atoms with van der Waals surface area (Å²) in [4.78, 5) is 12.0. The smallest absolute Gasteiger partial charge is 0.244 e. The third-order valence-corrected chi connectivity index (χ3v) is 5.71. The average Bonchev–Trinajstić information content (AvgIpc) is 2.58. The Bertz CT molecular complexity index is 735. The third-order valence-electron chi connectivity index (χ3n) is 4.41. The highest BCUT2D eigenvalue weighted by molar-refractivity contribution is 7.88. The van der Waals surface area contributed by atoms with Crippen LogP contribution in [0.3, 0.4) is 0 Å². The maximum atomic E-state index is 12.0. The number of aryl methyl sites for hydroxylation is 1. The number of nitrogens with one attached hydrogen (secondary N) is 1. The molecule has 0 spiro atoms. The number of hydrogen-bond donors (Lipinski definition) is 1. The van der Waals surface area contributed by atoms with Crippen molar-refractivity contribution >= 4 is 22.0 Å². The minimum atomic E-state index is -3.11. The van der Waals surface area contributed by atoms with Crippen LogP contribution in [0.1, 0.15) is 24.0 Å². The van der Waals surface area contributed by atoms with E-state index in [0.29, 0.717) is 25.6 Å². The van der Waals surface area contributed by atoms with Gasteiger partial charge < -0.3 is 10.1 Å². The fourth-order valence-corrected chi connectivity index (χ4v) is 3.77. The highest BCUT2D eigenvalue weighted by Gasteiger charge is 2.24. The Kier molecular flexibility index (Phi) is 6.61. The van der Waals surface area contributed by atoms with Crippen LogP contribution in [0.4, 0.5) is 0 Å². The Morgan fingerprint density at radius 3 is 2.64 bits per heavy atom. The predicted molar refractivity (Wildman–Crippen MR) is 98.9 cm³/mol. The number of rotatable bonds is 6. The third kappa shape index (κ3) is 5.86. The number of carbonyl (C=O) groups excluding carboxylic acids is 1. The molecule has 1 saturated heterocycles. The molecule has 1 aromatic rings. The van der Waals surface area contributed by atoms with Crippen molar-refractivity contribution in [2.75, 3.05) is 33.0 Å². The van der Waals surface area contributed by atoms with Crippen molar-refractivity contribution in [3.63, 3.8) is 0 Å². The zero-order valence-electron chi connectivity index (χ0n) is 15.0. The second-order valence-electron chi connectivity index (χ2n) is 6.43. The molecule has 1 fully saturated rings. The van der Waals surface area contributed by atoms with Gasteiger partial charge in [0, 0.05) is 31.3 Å². The fraction of sp³-hybridized carbons (Fsp3) is 0.500. The molecule has 7 heteroatoms. The molecule has 0 aromatic heterocycles. The summed E-state index contributed by atoms with van der Waals surface area (Å²) in [5.74, 6) is 0.876. The van der Waals surface area contributed by atoms with E-state index in [1.165, 1.54) is 16.6 Å². The average molecular weight is 366 g/mol. The van der Waals surface area contributed by atoms with Gasteiger partial charge in [-0.2, -0.15) is 0 Å². The predicted octanol–water partition coefficient (Wildman–Crippen LogP) is 1.80. The van der Waals surface area contributed by atoms with Crippen LogP contribution < -0.4 is 10.1 Å². The number of hydrogen-bond acceptors (Lipinski definition) is 4. The van der Waals surface area contributed by atoms with Gasteiger partial charge in [0.25, 0.3) is 0 Å². The van der Waals surface area contributed by atoms with Gasteiger partial charge in [0.1, 0.15) is 5.75 Å². The number of amides is 1. The molecule has 0 bridgehead atoms. The summed E-state index contributed by atoms with van der Waals surface area (Å²) >= 11 is 0. The van der Waals surface area contributed by atoms with Gasteiger partial charge in [0.2, 0.25) is 15.9 Å². The van der Waals surface area contributed by atoms with Gasteiger partial charge >= 0.3 is 0 Å². The Balaban J connectivity index is 1.83. The zero-order valence-corrected chi connectivity index (χ0v) is 15.8. The van der Waals surface area contributed by atoms with Crippen molar-refractivity contribution < 1.29 is 17.9 Å². The molecular formula is C18H26N2O4S. The molecule has 1 aliphatic heterocycles. The molecule has 6 nitrogen and oxygen atoms in total. The summed E-state index contributed by atoms with van der Waals surface area (Å²) in [5.41, 5.74) is 1.96. The van der Waals surface area contributed by atoms with Gasteiger partial charge in [-0.3, -0.25) is 4.79 Å². The van der Waals surface area contributed by atoms with Gasteiger partial charge in [0.05, 0.1) is 13.4 Å². The first-order valence-electron chi connectivity index (χ1n) is 8.35. The molecule has 1 aliphatic rings. The maximum Gasteiger partial charge on any atom is 0.244 e. The highest BCUT2D eigenvalue weighted by atomic mass is 32.2. The molecule has 2 rings (SSSR count). The number of nitrogens with zero attached hydrogens (tertiary/aromatic N) is 1. The number of carbonyl (C=O) groups is 1. The minimum absolute atomic E-state index is 0.158. The molecule has 0 radical (unpaired) electrons. The monoisotopic (exact) mass is 366 g/mol. The van der Waals surface area contributed by atoms with Crippen LogP contribution in [0, 0.1) is 12.8 Å². The molecule has 0 unspecified atom stereocenters. The molecule has 1 N–H and O–H groups in total. The summed E-state index contributed by atoms with van der Waals surface area (Å²) in [7, 11) is -1.50. The van der Waals surface area contributed by atoms with Gasteiger partial charge in [-0.25, -0.2) is 12.7 Å². The number of benzene rings is 1. The SMILES string of the molecule is COc1ccc(C)cc1/C=C/C(=O)NCC1CCN(S(C)(=O)=O)CC1. The Hall–Kier alpha value is -1.86. The van der Waals surface area contributed by atoms with Crippen molar-refractivity contribution in [3.05, 3.63) is 35.4 Å². The maximum absolute atomic E-state index is 12.0. The molecule has 25 heavy (non-hydrogen) atoms. The van der Waals surface area contributed by atoms with Crippen LogP contribution >= 0.6 is 0 Å². The second kappa shape index (κ2) is 8.49.